The zero-order valence-electron chi connectivity index (χ0n) is 26.3. The molecule has 9 nitrogen and oxygen atoms in total. The van der Waals surface area contributed by atoms with Crippen molar-refractivity contribution >= 4 is 46.0 Å². The highest BCUT2D eigenvalue weighted by molar-refractivity contribution is 6.27. The number of anilines is 1. The summed E-state index contributed by atoms with van der Waals surface area (Å²) in [4.78, 5) is 42.9. The molecule has 3 heterocycles. The molecule has 1 saturated carbocycles. The highest BCUT2D eigenvalue weighted by Crippen LogP contribution is 2.45. The molecule has 3 aliphatic heterocycles. The molecule has 1 saturated heterocycles. The molecule has 4 aliphatic rings. The number of fused-ring (bicyclic) bond motifs is 3. The molecule has 8 rings (SSSR count). The van der Waals surface area contributed by atoms with Gasteiger partial charge in [0.05, 0.1) is 17.4 Å². The summed E-state index contributed by atoms with van der Waals surface area (Å²) in [6, 6.07) is 27.6. The number of benzene rings is 4. The van der Waals surface area contributed by atoms with Gasteiger partial charge in [-0.3, -0.25) is 19.4 Å². The number of hydrogen-bond donors (Lipinski definition) is 0. The summed E-state index contributed by atoms with van der Waals surface area (Å²) in [5.41, 5.74) is 7.04. The molecule has 0 N–H and O–H groups in total. The monoisotopic (exact) mass is 622 g/mol. The quantitative estimate of drug-likeness (QED) is 0.235. The summed E-state index contributed by atoms with van der Waals surface area (Å²) >= 11 is 0. The van der Waals surface area contributed by atoms with Crippen LogP contribution in [-0.2, 0) is 14.4 Å². The van der Waals surface area contributed by atoms with Gasteiger partial charge < -0.3 is 0 Å². The Kier molecular flexibility index (Phi) is 7.04. The lowest BCUT2D eigenvalue weighted by Gasteiger charge is -2.30. The fourth-order valence-electron chi connectivity index (χ4n) is 7.37. The first-order chi connectivity index (χ1) is 22.9. The molecular weight excluding hydrogens is 588 g/mol. The second-order valence-electron chi connectivity index (χ2n) is 12.9. The van der Waals surface area contributed by atoms with E-state index in [4.69, 9.17) is 5.10 Å². The number of hydrogen-bond acceptors (Lipinski definition) is 7. The lowest BCUT2D eigenvalue weighted by molar-refractivity contribution is -0.136. The number of aryl methyl sites for hydroxylation is 2. The molecule has 4 aromatic rings. The lowest BCUT2D eigenvalue weighted by atomic mass is 9.77. The maximum Gasteiger partial charge on any atom is 0.264 e. The standard InChI is InChI=1S/C38H34N6O3/c1-23-13-17-25(18-14-23)21-28-9-5-11-30-33(28)40-44(35(30)27-19-15-24(2)16-20-27)32(45)22-42-36-34(39-41-42)37(46)43(38(36)47)31-12-6-8-26-7-3-4-10-29(26)31/h3-4,6-8,10,12-21,30,34-36H,5,9,11,22H2,1-2H3/b28-21-/t30-,34+,35-,36+/m1/s1. The predicted octanol–water partition coefficient (Wildman–Crippen LogP) is 6.57. The van der Waals surface area contributed by atoms with Crippen molar-refractivity contribution in [2.75, 3.05) is 11.4 Å². The molecule has 3 amide bonds. The maximum atomic E-state index is 14.2. The van der Waals surface area contributed by atoms with Gasteiger partial charge >= 0.3 is 0 Å². The fourth-order valence-corrected chi connectivity index (χ4v) is 7.37. The second-order valence-corrected chi connectivity index (χ2v) is 12.9. The number of nitrogens with zero attached hydrogens (tertiary/aromatic N) is 6. The highest BCUT2D eigenvalue weighted by Gasteiger charge is 2.56. The van der Waals surface area contributed by atoms with Crippen LogP contribution in [0.25, 0.3) is 16.8 Å². The number of allylic oxidation sites excluding steroid dienone is 1. The van der Waals surface area contributed by atoms with E-state index in [1.807, 2.05) is 43.3 Å². The Balaban J connectivity index is 1.10. The number of imide groups is 1. The summed E-state index contributed by atoms with van der Waals surface area (Å²) in [6.45, 7) is 3.89. The molecular formula is C38H34N6O3. The van der Waals surface area contributed by atoms with Crippen LogP contribution in [0.3, 0.4) is 0 Å². The maximum absolute atomic E-state index is 14.2. The molecule has 0 bridgehead atoms. The molecule has 0 radical (unpaired) electrons. The molecule has 1 aliphatic carbocycles. The van der Waals surface area contributed by atoms with Crippen molar-refractivity contribution in [2.45, 2.75) is 51.2 Å². The van der Waals surface area contributed by atoms with E-state index in [9.17, 15) is 14.4 Å². The van der Waals surface area contributed by atoms with Gasteiger partial charge in [-0.15, -0.1) is 0 Å². The molecule has 0 spiro atoms. The summed E-state index contributed by atoms with van der Waals surface area (Å²) in [5, 5.41) is 18.1. The Hall–Kier alpha value is -5.44. The summed E-state index contributed by atoms with van der Waals surface area (Å²) < 4.78 is 0. The number of carbonyl (C=O) groups is 3. The summed E-state index contributed by atoms with van der Waals surface area (Å²) in [5.74, 6) is -1.13. The first-order valence-electron chi connectivity index (χ1n) is 16.1. The molecule has 9 heteroatoms. The Morgan fingerprint density at radius 1 is 0.851 bits per heavy atom. The van der Waals surface area contributed by atoms with E-state index in [2.05, 4.69) is 71.9 Å². The van der Waals surface area contributed by atoms with Gasteiger partial charge in [-0.05, 0) is 67.3 Å². The average molecular weight is 623 g/mol. The van der Waals surface area contributed by atoms with Crippen molar-refractivity contribution in [3.05, 3.63) is 119 Å². The smallest absolute Gasteiger partial charge is 0.264 e. The van der Waals surface area contributed by atoms with Crippen molar-refractivity contribution in [2.24, 2.45) is 21.4 Å². The van der Waals surface area contributed by atoms with Gasteiger partial charge in [0, 0.05) is 11.3 Å². The van der Waals surface area contributed by atoms with Crippen molar-refractivity contribution in [3.8, 4) is 0 Å². The van der Waals surface area contributed by atoms with E-state index in [-0.39, 0.29) is 24.4 Å². The zero-order valence-corrected chi connectivity index (χ0v) is 26.3. The third-order valence-electron chi connectivity index (χ3n) is 9.76. The Labute approximate surface area is 272 Å². The van der Waals surface area contributed by atoms with Crippen LogP contribution in [0.1, 0.15) is 47.6 Å². The summed E-state index contributed by atoms with van der Waals surface area (Å²) in [7, 11) is 0. The van der Waals surface area contributed by atoms with E-state index >= 15 is 0 Å². The van der Waals surface area contributed by atoms with Gasteiger partial charge in [0.1, 0.15) is 6.54 Å². The second kappa shape index (κ2) is 11.4. The fraction of sp³-hybridized carbons (Fsp3) is 0.263. The van der Waals surface area contributed by atoms with Crippen LogP contribution < -0.4 is 4.90 Å². The minimum absolute atomic E-state index is 0.0385. The van der Waals surface area contributed by atoms with Gasteiger partial charge in [0.2, 0.25) is 0 Å². The molecule has 0 aromatic heterocycles. The highest BCUT2D eigenvalue weighted by atomic mass is 16.2. The number of amides is 3. The Morgan fingerprint density at radius 2 is 1.57 bits per heavy atom. The van der Waals surface area contributed by atoms with E-state index in [0.717, 1.165) is 58.0 Å². The van der Waals surface area contributed by atoms with Crippen molar-refractivity contribution in [1.82, 2.24) is 10.0 Å². The van der Waals surface area contributed by atoms with Crippen LogP contribution in [-0.4, -0.2) is 52.1 Å². The third-order valence-corrected chi connectivity index (χ3v) is 9.76. The van der Waals surface area contributed by atoms with Crippen LogP contribution in [0.4, 0.5) is 5.69 Å². The molecule has 47 heavy (non-hydrogen) atoms. The summed E-state index contributed by atoms with van der Waals surface area (Å²) in [6.07, 6.45) is 4.98. The van der Waals surface area contributed by atoms with E-state index in [1.54, 1.807) is 11.1 Å². The van der Waals surface area contributed by atoms with Crippen molar-refractivity contribution in [3.63, 3.8) is 0 Å². The normalized spacial score (nSPS) is 24.3. The van der Waals surface area contributed by atoms with Crippen LogP contribution in [0.15, 0.2) is 112 Å². The van der Waals surface area contributed by atoms with Gasteiger partial charge in [-0.1, -0.05) is 101 Å². The Morgan fingerprint density at radius 3 is 2.36 bits per heavy atom. The lowest BCUT2D eigenvalue weighted by Crippen LogP contribution is -2.45. The van der Waals surface area contributed by atoms with Crippen molar-refractivity contribution in [1.29, 1.82) is 0 Å². The molecule has 234 valence electrons. The van der Waals surface area contributed by atoms with Crippen molar-refractivity contribution < 1.29 is 14.4 Å². The molecule has 2 fully saturated rings. The number of rotatable bonds is 5. The van der Waals surface area contributed by atoms with E-state index in [1.165, 1.54) is 15.5 Å². The number of carbonyl (C=O) groups excluding carboxylic acids is 3. The minimum atomic E-state index is -1.00. The van der Waals surface area contributed by atoms with Gasteiger partial charge in [-0.2, -0.15) is 10.2 Å². The molecule has 4 aromatic carbocycles. The van der Waals surface area contributed by atoms with Gasteiger partial charge in [0.15, 0.2) is 12.1 Å². The van der Waals surface area contributed by atoms with E-state index < -0.39 is 23.9 Å². The van der Waals surface area contributed by atoms with Crippen LogP contribution in [0.2, 0.25) is 0 Å². The number of hydrazone groups is 1. The van der Waals surface area contributed by atoms with Crippen LogP contribution >= 0.6 is 0 Å². The molecule has 0 unspecified atom stereocenters. The minimum Gasteiger partial charge on any atom is -0.271 e. The first-order valence-corrected chi connectivity index (χ1v) is 16.1. The van der Waals surface area contributed by atoms with Gasteiger partial charge in [0.25, 0.3) is 17.7 Å². The molecule has 4 atom stereocenters. The average Bonchev–Trinajstić information content (AvgIpc) is 3.75. The van der Waals surface area contributed by atoms with Crippen LogP contribution in [0.5, 0.6) is 0 Å². The van der Waals surface area contributed by atoms with E-state index in [0.29, 0.717) is 5.69 Å². The third kappa shape index (κ3) is 4.93. The van der Waals surface area contributed by atoms with Gasteiger partial charge in [-0.25, -0.2) is 9.91 Å². The Bertz CT molecular complexity index is 2010. The first kappa shape index (κ1) is 29.0. The SMILES string of the molecule is Cc1ccc(/C=C2/CCC[C@@H]3C2=NN(C(=O)CN2N=N[C@@H]4C(=O)N(c5cccc6ccccc56)C(=O)[C@H]42)[C@@H]3c2ccc(C)cc2)cc1. The predicted molar refractivity (Wildman–Crippen MR) is 180 cm³/mol. The zero-order chi connectivity index (χ0) is 32.2. The topological polar surface area (TPSA) is 98.0 Å². The van der Waals surface area contributed by atoms with Crippen LogP contribution in [0, 0.1) is 19.8 Å². The largest absolute Gasteiger partial charge is 0.271 e.